The van der Waals surface area contributed by atoms with Crippen LogP contribution in [0, 0.1) is 17.3 Å². The first-order valence-electron chi connectivity index (χ1n) is 5.71. The molecule has 1 heterocycles. The SMILES string of the molecule is CC(CNC(=O)c1cccc(F)n1)C(C)(C)C. The van der Waals surface area contributed by atoms with Crippen LogP contribution in [0.15, 0.2) is 18.2 Å². The van der Waals surface area contributed by atoms with Gasteiger partial charge in [-0.15, -0.1) is 0 Å². The summed E-state index contributed by atoms with van der Waals surface area (Å²) in [5, 5.41) is 2.76. The summed E-state index contributed by atoms with van der Waals surface area (Å²) in [7, 11) is 0. The van der Waals surface area contributed by atoms with E-state index in [4.69, 9.17) is 0 Å². The molecule has 1 N–H and O–H groups in total. The molecule has 1 rings (SSSR count). The number of rotatable bonds is 3. The molecule has 1 aromatic rings. The molecule has 0 aliphatic heterocycles. The van der Waals surface area contributed by atoms with E-state index >= 15 is 0 Å². The van der Waals surface area contributed by atoms with Gasteiger partial charge >= 0.3 is 0 Å². The summed E-state index contributed by atoms with van der Waals surface area (Å²) in [6, 6.07) is 4.19. The lowest BCUT2D eigenvalue weighted by Crippen LogP contribution is -2.34. The third kappa shape index (κ3) is 4.13. The van der Waals surface area contributed by atoms with Gasteiger partial charge in [0, 0.05) is 6.54 Å². The highest BCUT2D eigenvalue weighted by Crippen LogP contribution is 2.24. The van der Waals surface area contributed by atoms with Crippen LogP contribution < -0.4 is 5.32 Å². The molecular weight excluding hydrogens is 219 g/mol. The van der Waals surface area contributed by atoms with E-state index in [0.717, 1.165) is 0 Å². The first-order chi connectivity index (χ1) is 7.80. The first-order valence-corrected chi connectivity index (χ1v) is 5.71. The van der Waals surface area contributed by atoms with E-state index in [1.807, 2.05) is 0 Å². The van der Waals surface area contributed by atoms with Crippen molar-refractivity contribution in [2.24, 2.45) is 11.3 Å². The molecule has 0 spiro atoms. The number of carbonyl (C=O) groups excluding carboxylic acids is 1. The topological polar surface area (TPSA) is 42.0 Å². The molecule has 3 nitrogen and oxygen atoms in total. The molecule has 0 saturated carbocycles. The standard InChI is InChI=1S/C13H19FN2O/c1-9(13(2,3)4)8-15-12(17)10-6-5-7-11(14)16-10/h5-7,9H,8H2,1-4H3,(H,15,17). The van der Waals surface area contributed by atoms with E-state index in [2.05, 4.69) is 38.0 Å². The molecule has 1 aromatic heterocycles. The maximum Gasteiger partial charge on any atom is 0.270 e. The van der Waals surface area contributed by atoms with Gasteiger partial charge in [0.15, 0.2) is 0 Å². The summed E-state index contributed by atoms with van der Waals surface area (Å²) in [6.07, 6.45) is 0. The average Bonchev–Trinajstić information content (AvgIpc) is 2.24. The third-order valence-electron chi connectivity index (χ3n) is 2.99. The molecule has 1 atom stereocenters. The van der Waals surface area contributed by atoms with Gasteiger partial charge in [0.1, 0.15) is 5.69 Å². The molecule has 1 amide bonds. The normalized spacial score (nSPS) is 13.2. The van der Waals surface area contributed by atoms with Crippen molar-refractivity contribution >= 4 is 5.91 Å². The van der Waals surface area contributed by atoms with Crippen molar-refractivity contribution in [3.8, 4) is 0 Å². The molecule has 17 heavy (non-hydrogen) atoms. The van der Waals surface area contributed by atoms with Gasteiger partial charge in [-0.05, 0) is 23.5 Å². The van der Waals surface area contributed by atoms with Crippen molar-refractivity contribution in [2.45, 2.75) is 27.7 Å². The maximum absolute atomic E-state index is 12.8. The highest BCUT2D eigenvalue weighted by molar-refractivity contribution is 5.92. The van der Waals surface area contributed by atoms with Crippen molar-refractivity contribution in [1.29, 1.82) is 0 Å². The van der Waals surface area contributed by atoms with Crippen LogP contribution >= 0.6 is 0 Å². The first kappa shape index (κ1) is 13.6. The maximum atomic E-state index is 12.8. The third-order valence-corrected chi connectivity index (χ3v) is 2.99. The highest BCUT2D eigenvalue weighted by Gasteiger charge is 2.20. The van der Waals surface area contributed by atoms with Crippen molar-refractivity contribution in [1.82, 2.24) is 10.3 Å². The summed E-state index contributed by atoms with van der Waals surface area (Å²) in [6.45, 7) is 8.97. The van der Waals surface area contributed by atoms with E-state index in [-0.39, 0.29) is 17.0 Å². The van der Waals surface area contributed by atoms with Gasteiger partial charge in [0.25, 0.3) is 5.91 Å². The Labute approximate surface area is 101 Å². The molecule has 1 unspecified atom stereocenters. The van der Waals surface area contributed by atoms with Gasteiger partial charge in [0.2, 0.25) is 5.95 Å². The molecule has 0 bridgehead atoms. The number of hydrogen-bond donors (Lipinski definition) is 1. The smallest absolute Gasteiger partial charge is 0.270 e. The van der Waals surface area contributed by atoms with E-state index in [1.54, 1.807) is 0 Å². The summed E-state index contributed by atoms with van der Waals surface area (Å²) < 4.78 is 12.8. The highest BCUT2D eigenvalue weighted by atomic mass is 19.1. The molecule has 0 aromatic carbocycles. The van der Waals surface area contributed by atoms with Gasteiger partial charge in [-0.1, -0.05) is 33.8 Å². The predicted octanol–water partition coefficient (Wildman–Crippen LogP) is 2.63. The Kier molecular flexibility index (Phi) is 4.21. The van der Waals surface area contributed by atoms with E-state index < -0.39 is 5.95 Å². The van der Waals surface area contributed by atoms with Crippen LogP contribution in [0.3, 0.4) is 0 Å². The Morgan fingerprint density at radius 3 is 2.65 bits per heavy atom. The number of amides is 1. The quantitative estimate of drug-likeness (QED) is 0.822. The molecule has 0 saturated heterocycles. The Bertz CT molecular complexity index is 399. The van der Waals surface area contributed by atoms with Gasteiger partial charge in [-0.2, -0.15) is 4.39 Å². The molecule has 0 radical (unpaired) electrons. The Balaban J connectivity index is 2.57. The predicted molar refractivity (Wildman–Crippen MR) is 65.1 cm³/mol. The van der Waals surface area contributed by atoms with Crippen molar-refractivity contribution in [2.75, 3.05) is 6.54 Å². The van der Waals surface area contributed by atoms with Crippen molar-refractivity contribution in [3.05, 3.63) is 29.8 Å². The second kappa shape index (κ2) is 5.25. The van der Waals surface area contributed by atoms with Gasteiger partial charge in [-0.3, -0.25) is 4.79 Å². The zero-order chi connectivity index (χ0) is 13.1. The number of nitrogens with one attached hydrogen (secondary N) is 1. The lowest BCUT2D eigenvalue weighted by Gasteiger charge is -2.27. The van der Waals surface area contributed by atoms with Crippen molar-refractivity contribution < 1.29 is 9.18 Å². The zero-order valence-electron chi connectivity index (χ0n) is 10.7. The minimum Gasteiger partial charge on any atom is -0.350 e. The monoisotopic (exact) mass is 238 g/mol. The minimum atomic E-state index is -0.637. The van der Waals surface area contributed by atoms with E-state index in [0.29, 0.717) is 12.5 Å². The second-order valence-electron chi connectivity index (χ2n) is 5.32. The molecule has 0 aliphatic carbocycles. The molecule has 4 heteroatoms. The summed E-state index contributed by atoms with van der Waals surface area (Å²) >= 11 is 0. The molecule has 0 fully saturated rings. The Hall–Kier alpha value is -1.45. The number of aromatic nitrogens is 1. The zero-order valence-corrected chi connectivity index (χ0v) is 10.7. The van der Waals surface area contributed by atoms with Gasteiger partial charge < -0.3 is 5.32 Å². The van der Waals surface area contributed by atoms with Crippen LogP contribution in [0.2, 0.25) is 0 Å². The summed E-state index contributed by atoms with van der Waals surface area (Å²) in [4.78, 5) is 15.2. The number of pyridine rings is 1. The van der Waals surface area contributed by atoms with E-state index in [9.17, 15) is 9.18 Å². The van der Waals surface area contributed by atoms with Crippen LogP contribution in [-0.2, 0) is 0 Å². The van der Waals surface area contributed by atoms with Crippen LogP contribution in [0.1, 0.15) is 38.2 Å². The van der Waals surface area contributed by atoms with Crippen LogP contribution in [0.4, 0.5) is 4.39 Å². The van der Waals surface area contributed by atoms with Crippen LogP contribution in [0.5, 0.6) is 0 Å². The fraction of sp³-hybridized carbons (Fsp3) is 0.538. The number of hydrogen-bond acceptors (Lipinski definition) is 2. The molecule has 0 aliphatic rings. The van der Waals surface area contributed by atoms with Gasteiger partial charge in [-0.25, -0.2) is 4.98 Å². The second-order valence-corrected chi connectivity index (χ2v) is 5.32. The fourth-order valence-corrected chi connectivity index (χ4v) is 1.18. The lowest BCUT2D eigenvalue weighted by atomic mass is 9.82. The molecule has 94 valence electrons. The number of halogens is 1. The van der Waals surface area contributed by atoms with Crippen molar-refractivity contribution in [3.63, 3.8) is 0 Å². The van der Waals surface area contributed by atoms with E-state index in [1.165, 1.54) is 18.2 Å². The summed E-state index contributed by atoms with van der Waals surface area (Å²) in [5.74, 6) is -0.637. The number of nitrogens with zero attached hydrogens (tertiary/aromatic N) is 1. The largest absolute Gasteiger partial charge is 0.350 e. The van der Waals surface area contributed by atoms with Crippen LogP contribution in [-0.4, -0.2) is 17.4 Å². The Morgan fingerprint density at radius 2 is 2.12 bits per heavy atom. The Morgan fingerprint density at radius 1 is 1.47 bits per heavy atom. The summed E-state index contributed by atoms with van der Waals surface area (Å²) in [5.41, 5.74) is 0.244. The minimum absolute atomic E-state index is 0.117. The average molecular weight is 238 g/mol. The molecular formula is C13H19FN2O. The van der Waals surface area contributed by atoms with Gasteiger partial charge in [0.05, 0.1) is 0 Å². The van der Waals surface area contributed by atoms with Crippen LogP contribution in [0.25, 0.3) is 0 Å². The number of carbonyl (C=O) groups is 1. The lowest BCUT2D eigenvalue weighted by molar-refractivity contribution is 0.0931. The fourth-order valence-electron chi connectivity index (χ4n) is 1.18.